The van der Waals surface area contributed by atoms with E-state index in [1.54, 1.807) is 17.2 Å². The first-order valence-electron chi connectivity index (χ1n) is 10.3. The number of benzene rings is 1. The lowest BCUT2D eigenvalue weighted by atomic mass is 10.1. The van der Waals surface area contributed by atoms with Crippen LogP contribution in [0.15, 0.2) is 54.2 Å². The van der Waals surface area contributed by atoms with E-state index in [1.807, 2.05) is 24.8 Å². The molecular formula is C23H25F3N4O2. The van der Waals surface area contributed by atoms with Gasteiger partial charge in [-0.2, -0.15) is 13.2 Å². The Hall–Kier alpha value is -3.36. The number of allylic oxidation sites excluding steroid dienone is 1. The van der Waals surface area contributed by atoms with Crippen LogP contribution < -0.4 is 10.2 Å². The fourth-order valence-electron chi connectivity index (χ4n) is 3.42. The molecular weight excluding hydrogens is 421 g/mol. The van der Waals surface area contributed by atoms with Crippen molar-refractivity contribution in [2.24, 2.45) is 0 Å². The Kier molecular flexibility index (Phi) is 7.17. The van der Waals surface area contributed by atoms with E-state index >= 15 is 0 Å². The Morgan fingerprint density at radius 1 is 1.00 bits per heavy atom. The summed E-state index contributed by atoms with van der Waals surface area (Å²) in [6.45, 7) is 5.85. The van der Waals surface area contributed by atoms with Crippen molar-refractivity contribution in [3.05, 3.63) is 65.4 Å². The van der Waals surface area contributed by atoms with E-state index in [9.17, 15) is 22.8 Å². The molecule has 0 unspecified atom stereocenters. The molecule has 2 amide bonds. The molecule has 1 N–H and O–H groups in total. The van der Waals surface area contributed by atoms with Gasteiger partial charge < -0.3 is 15.1 Å². The number of amides is 2. The fourth-order valence-corrected chi connectivity index (χ4v) is 3.42. The quantitative estimate of drug-likeness (QED) is 0.709. The van der Waals surface area contributed by atoms with Gasteiger partial charge in [-0.1, -0.05) is 5.57 Å². The number of aromatic nitrogens is 1. The second-order valence-electron chi connectivity index (χ2n) is 7.82. The SMILES string of the molecule is CC(C)=CC(=O)Nc1ccc(N2CCCN(C(=O)c3ccc(C(F)(F)F)cc3)CC2)nc1. The van der Waals surface area contributed by atoms with Crippen molar-refractivity contribution in [1.29, 1.82) is 0 Å². The van der Waals surface area contributed by atoms with Crippen LogP contribution in [0.25, 0.3) is 0 Å². The van der Waals surface area contributed by atoms with Gasteiger partial charge in [0.1, 0.15) is 5.82 Å². The van der Waals surface area contributed by atoms with Crippen LogP contribution in [0.4, 0.5) is 24.7 Å². The summed E-state index contributed by atoms with van der Waals surface area (Å²) >= 11 is 0. The zero-order valence-corrected chi connectivity index (χ0v) is 17.9. The molecule has 3 rings (SSSR count). The summed E-state index contributed by atoms with van der Waals surface area (Å²) in [5, 5.41) is 2.75. The highest BCUT2D eigenvalue weighted by atomic mass is 19.4. The third kappa shape index (κ3) is 6.09. The van der Waals surface area contributed by atoms with E-state index in [4.69, 9.17) is 0 Å². The van der Waals surface area contributed by atoms with E-state index in [-0.39, 0.29) is 17.4 Å². The van der Waals surface area contributed by atoms with Crippen LogP contribution in [0.2, 0.25) is 0 Å². The molecule has 0 bridgehead atoms. The van der Waals surface area contributed by atoms with E-state index in [2.05, 4.69) is 10.3 Å². The van der Waals surface area contributed by atoms with Crippen molar-refractivity contribution in [2.75, 3.05) is 36.4 Å². The van der Waals surface area contributed by atoms with Gasteiger partial charge in [-0.25, -0.2) is 4.98 Å². The summed E-state index contributed by atoms with van der Waals surface area (Å²) < 4.78 is 38.2. The maximum Gasteiger partial charge on any atom is 0.416 e. The maximum absolute atomic E-state index is 12.7. The van der Waals surface area contributed by atoms with Gasteiger partial charge in [0.2, 0.25) is 5.91 Å². The van der Waals surface area contributed by atoms with Gasteiger partial charge in [0.25, 0.3) is 5.91 Å². The molecule has 9 heteroatoms. The lowest BCUT2D eigenvalue weighted by Crippen LogP contribution is -2.35. The van der Waals surface area contributed by atoms with Crippen LogP contribution in [0.1, 0.15) is 36.2 Å². The van der Waals surface area contributed by atoms with Crippen molar-refractivity contribution in [2.45, 2.75) is 26.4 Å². The second kappa shape index (κ2) is 9.84. The molecule has 0 spiro atoms. The number of alkyl halides is 3. The first-order chi connectivity index (χ1) is 15.1. The topological polar surface area (TPSA) is 65.5 Å². The van der Waals surface area contributed by atoms with Crippen LogP contribution in [-0.4, -0.2) is 47.9 Å². The largest absolute Gasteiger partial charge is 0.416 e. The van der Waals surface area contributed by atoms with Gasteiger partial charge >= 0.3 is 6.18 Å². The number of hydrogen-bond acceptors (Lipinski definition) is 4. The van der Waals surface area contributed by atoms with Crippen LogP contribution >= 0.6 is 0 Å². The summed E-state index contributed by atoms with van der Waals surface area (Å²) in [5.41, 5.74) is 0.945. The molecule has 1 saturated heterocycles. The lowest BCUT2D eigenvalue weighted by Gasteiger charge is -2.23. The molecule has 1 aromatic heterocycles. The molecule has 1 aliphatic rings. The zero-order valence-electron chi connectivity index (χ0n) is 17.9. The highest BCUT2D eigenvalue weighted by Crippen LogP contribution is 2.29. The zero-order chi connectivity index (χ0) is 23.3. The molecule has 170 valence electrons. The minimum Gasteiger partial charge on any atom is -0.355 e. The fraction of sp³-hybridized carbons (Fsp3) is 0.348. The van der Waals surface area contributed by atoms with Crippen molar-refractivity contribution < 1.29 is 22.8 Å². The van der Waals surface area contributed by atoms with Crippen LogP contribution in [-0.2, 0) is 11.0 Å². The van der Waals surface area contributed by atoms with E-state index < -0.39 is 11.7 Å². The molecule has 6 nitrogen and oxygen atoms in total. The molecule has 0 aliphatic carbocycles. The Balaban J connectivity index is 1.60. The number of pyridine rings is 1. The smallest absolute Gasteiger partial charge is 0.355 e. The second-order valence-corrected chi connectivity index (χ2v) is 7.82. The average molecular weight is 446 g/mol. The molecule has 1 aliphatic heterocycles. The molecule has 2 heterocycles. The first-order valence-corrected chi connectivity index (χ1v) is 10.3. The summed E-state index contributed by atoms with van der Waals surface area (Å²) in [5.74, 6) is 0.228. The van der Waals surface area contributed by atoms with Gasteiger partial charge in [0, 0.05) is 37.8 Å². The third-order valence-electron chi connectivity index (χ3n) is 5.00. The number of carbonyl (C=O) groups is 2. The van der Waals surface area contributed by atoms with Crippen LogP contribution in [0, 0.1) is 0 Å². The van der Waals surface area contributed by atoms with Gasteiger partial charge in [0.05, 0.1) is 17.4 Å². The minimum absolute atomic E-state index is 0.216. The highest BCUT2D eigenvalue weighted by Gasteiger charge is 2.30. The van der Waals surface area contributed by atoms with Gasteiger partial charge in [-0.05, 0) is 56.7 Å². The van der Waals surface area contributed by atoms with E-state index in [0.29, 0.717) is 38.3 Å². The standard InChI is InChI=1S/C23H25F3N4O2/c1-16(2)14-21(31)28-19-8-9-20(27-15-19)29-10-3-11-30(13-12-29)22(32)17-4-6-18(7-5-17)23(24,25)26/h4-9,14-15H,3,10-13H2,1-2H3,(H,28,31). The first kappa shape index (κ1) is 23.3. The van der Waals surface area contributed by atoms with Crippen molar-refractivity contribution in [3.8, 4) is 0 Å². The minimum atomic E-state index is -4.43. The number of halogens is 3. The Morgan fingerprint density at radius 2 is 1.72 bits per heavy atom. The molecule has 0 atom stereocenters. The molecule has 0 saturated carbocycles. The van der Waals surface area contributed by atoms with E-state index in [1.165, 1.54) is 18.2 Å². The van der Waals surface area contributed by atoms with Crippen LogP contribution in [0.5, 0.6) is 0 Å². The number of hydrogen-bond donors (Lipinski definition) is 1. The normalized spacial score (nSPS) is 14.5. The number of nitrogens with zero attached hydrogens (tertiary/aromatic N) is 3. The monoisotopic (exact) mass is 446 g/mol. The Labute approximate surface area is 184 Å². The summed E-state index contributed by atoms with van der Waals surface area (Å²) in [4.78, 5) is 32.7. The lowest BCUT2D eigenvalue weighted by molar-refractivity contribution is -0.137. The molecule has 2 aromatic rings. The van der Waals surface area contributed by atoms with Gasteiger partial charge in [-0.3, -0.25) is 9.59 Å². The van der Waals surface area contributed by atoms with Crippen LogP contribution in [0.3, 0.4) is 0 Å². The average Bonchev–Trinajstić information content (AvgIpc) is 2.99. The van der Waals surface area contributed by atoms with Crippen molar-refractivity contribution in [1.82, 2.24) is 9.88 Å². The summed E-state index contributed by atoms with van der Waals surface area (Å²) in [6.07, 6.45) is -0.637. The van der Waals surface area contributed by atoms with E-state index in [0.717, 1.165) is 23.5 Å². The summed E-state index contributed by atoms with van der Waals surface area (Å²) in [7, 11) is 0. The number of nitrogens with one attached hydrogen (secondary N) is 1. The maximum atomic E-state index is 12.7. The number of carbonyl (C=O) groups excluding carboxylic acids is 2. The summed E-state index contributed by atoms with van der Waals surface area (Å²) in [6, 6.07) is 7.88. The van der Waals surface area contributed by atoms with Gasteiger partial charge in [0.15, 0.2) is 0 Å². The molecule has 1 aromatic carbocycles. The van der Waals surface area contributed by atoms with Crippen molar-refractivity contribution in [3.63, 3.8) is 0 Å². The number of rotatable bonds is 4. The number of anilines is 2. The predicted octanol–water partition coefficient (Wildman–Crippen LogP) is 4.36. The highest BCUT2D eigenvalue weighted by molar-refractivity contribution is 5.99. The Morgan fingerprint density at radius 3 is 2.31 bits per heavy atom. The van der Waals surface area contributed by atoms with Gasteiger partial charge in [-0.15, -0.1) is 0 Å². The third-order valence-corrected chi connectivity index (χ3v) is 5.00. The molecule has 0 radical (unpaired) electrons. The predicted molar refractivity (Wildman–Crippen MR) is 116 cm³/mol. The molecule has 32 heavy (non-hydrogen) atoms. The Bertz CT molecular complexity index is 982. The van der Waals surface area contributed by atoms with Crippen molar-refractivity contribution >= 4 is 23.3 Å². The molecule has 1 fully saturated rings.